The molecule has 0 aliphatic carbocycles. The third-order valence-electron chi connectivity index (χ3n) is 4.49. The van der Waals surface area contributed by atoms with Gasteiger partial charge in [0.15, 0.2) is 11.9 Å². The van der Waals surface area contributed by atoms with Crippen LogP contribution in [0.4, 0.5) is 24.7 Å². The van der Waals surface area contributed by atoms with Gasteiger partial charge in [-0.3, -0.25) is 4.79 Å². The summed E-state index contributed by atoms with van der Waals surface area (Å²) in [7, 11) is 0. The first kappa shape index (κ1) is 22.3. The molecule has 0 fully saturated rings. The topological polar surface area (TPSA) is 128 Å². The van der Waals surface area contributed by atoms with Gasteiger partial charge < -0.3 is 20.9 Å². The number of fused-ring (bicyclic) bond motifs is 1. The Kier molecular flexibility index (Phi) is 5.78. The van der Waals surface area contributed by atoms with Crippen LogP contribution in [0.1, 0.15) is 11.7 Å². The molecule has 2 heterocycles. The lowest BCUT2D eigenvalue weighted by Gasteiger charge is -2.15. The summed E-state index contributed by atoms with van der Waals surface area (Å²) >= 11 is 6.36. The Morgan fingerprint density at radius 3 is 2.73 bits per heavy atom. The molecule has 0 saturated heterocycles. The summed E-state index contributed by atoms with van der Waals surface area (Å²) in [5.74, 6) is -1.25. The van der Waals surface area contributed by atoms with Crippen molar-refractivity contribution < 1.29 is 27.8 Å². The number of aliphatic hydroxyl groups excluding tert-OH is 1. The number of carbonyl (C=O) groups excluding carboxylic acids is 1. The van der Waals surface area contributed by atoms with Gasteiger partial charge in [-0.2, -0.15) is 5.10 Å². The molecule has 0 radical (unpaired) electrons. The van der Waals surface area contributed by atoms with Crippen molar-refractivity contribution in [2.24, 2.45) is 0 Å². The van der Waals surface area contributed by atoms with Crippen LogP contribution < -0.4 is 15.8 Å². The lowest BCUT2D eigenvalue weighted by Crippen LogP contribution is -2.21. The molecule has 4 aromatic rings. The second-order valence-electron chi connectivity index (χ2n) is 6.73. The molecule has 1 atom stereocenters. The summed E-state index contributed by atoms with van der Waals surface area (Å²) in [5, 5.41) is 17.1. The van der Waals surface area contributed by atoms with Crippen molar-refractivity contribution in [2.45, 2.75) is 12.5 Å². The van der Waals surface area contributed by atoms with Gasteiger partial charge in [-0.05, 0) is 35.9 Å². The molecule has 0 unspecified atom stereocenters. The van der Waals surface area contributed by atoms with Crippen molar-refractivity contribution >= 4 is 40.0 Å². The van der Waals surface area contributed by atoms with Gasteiger partial charge in [0.05, 0.1) is 16.9 Å². The van der Waals surface area contributed by atoms with Crippen LogP contribution in [0.5, 0.6) is 5.75 Å². The number of halogens is 4. The van der Waals surface area contributed by atoms with E-state index in [0.29, 0.717) is 16.7 Å². The maximum Gasteiger partial charge on any atom is 0.573 e. The number of nitrogens with two attached hydrogens (primary N) is 1. The minimum absolute atomic E-state index is 0.0875. The van der Waals surface area contributed by atoms with E-state index in [1.54, 1.807) is 6.07 Å². The molecule has 9 nitrogen and oxygen atoms in total. The fourth-order valence-electron chi connectivity index (χ4n) is 3.07. The number of nitrogens with zero attached hydrogens (tertiary/aromatic N) is 4. The molecule has 4 rings (SSSR count). The summed E-state index contributed by atoms with van der Waals surface area (Å²) in [6, 6.07) is 8.96. The molecular weight excluding hydrogens is 465 g/mol. The maximum atomic E-state index is 12.4. The van der Waals surface area contributed by atoms with E-state index in [4.69, 9.17) is 17.3 Å². The van der Waals surface area contributed by atoms with Crippen LogP contribution in [0.15, 0.2) is 55.0 Å². The minimum atomic E-state index is -4.90. The molecular formula is C20H14ClF3N6O3. The standard InChI is InChI=1S/C20H14ClF3N6O3/c21-13-7-11(4-5-15(13)30-16-14(8-28-30)26-9-27-18(16)25)29-19(32)17(31)10-2-1-3-12(6-10)33-20(22,23)24/h1-9,17,31H,(H,29,32)(H2,25,26,27)/t17-/m1/s1. The number of nitrogens with one attached hydrogen (secondary N) is 1. The first-order valence-electron chi connectivity index (χ1n) is 9.21. The minimum Gasteiger partial charge on any atom is -0.406 e. The van der Waals surface area contributed by atoms with E-state index in [0.717, 1.165) is 12.1 Å². The Hall–Kier alpha value is -3.90. The summed E-state index contributed by atoms with van der Waals surface area (Å²) < 4.78 is 42.5. The number of aliphatic hydroxyl groups is 1. The van der Waals surface area contributed by atoms with E-state index in [1.807, 2.05) is 0 Å². The molecule has 2 aromatic heterocycles. The number of ether oxygens (including phenoxy) is 1. The zero-order valence-corrected chi connectivity index (χ0v) is 17.2. The fraction of sp³-hybridized carbons (Fsp3) is 0.100. The van der Waals surface area contributed by atoms with Crippen molar-refractivity contribution in [3.8, 4) is 11.4 Å². The summed E-state index contributed by atoms with van der Waals surface area (Å²) in [5.41, 5.74) is 7.45. The highest BCUT2D eigenvalue weighted by Crippen LogP contribution is 2.29. The average Bonchev–Trinajstić information content (AvgIpc) is 3.17. The number of aromatic nitrogens is 4. The van der Waals surface area contributed by atoms with Crippen molar-refractivity contribution in [3.63, 3.8) is 0 Å². The van der Waals surface area contributed by atoms with Crippen LogP contribution in [0, 0.1) is 0 Å². The maximum absolute atomic E-state index is 12.4. The van der Waals surface area contributed by atoms with Crippen LogP contribution in [-0.2, 0) is 4.79 Å². The number of hydrogen-bond acceptors (Lipinski definition) is 7. The van der Waals surface area contributed by atoms with Crippen molar-refractivity contribution in [2.75, 3.05) is 11.1 Å². The van der Waals surface area contributed by atoms with Gasteiger partial charge >= 0.3 is 6.36 Å². The summed E-state index contributed by atoms with van der Waals surface area (Å²) in [6.07, 6.45) is -3.86. The molecule has 13 heteroatoms. The highest BCUT2D eigenvalue weighted by molar-refractivity contribution is 6.32. The van der Waals surface area contributed by atoms with Gasteiger partial charge in [-0.15, -0.1) is 13.2 Å². The Bertz CT molecular complexity index is 1340. The number of rotatable bonds is 5. The van der Waals surface area contributed by atoms with Crippen molar-refractivity contribution in [1.82, 2.24) is 19.7 Å². The second kappa shape index (κ2) is 8.56. The van der Waals surface area contributed by atoms with Crippen molar-refractivity contribution in [3.05, 3.63) is 65.6 Å². The zero-order chi connectivity index (χ0) is 23.8. The molecule has 1 amide bonds. The molecule has 2 aromatic carbocycles. The molecule has 0 aliphatic heterocycles. The van der Waals surface area contributed by atoms with Crippen LogP contribution in [0.2, 0.25) is 5.02 Å². The van der Waals surface area contributed by atoms with E-state index in [9.17, 15) is 23.1 Å². The number of nitrogen functional groups attached to an aromatic ring is 1. The van der Waals surface area contributed by atoms with Gasteiger partial charge in [0.2, 0.25) is 0 Å². The number of alkyl halides is 3. The molecule has 170 valence electrons. The molecule has 33 heavy (non-hydrogen) atoms. The molecule has 0 bridgehead atoms. The van der Waals surface area contributed by atoms with E-state index in [-0.39, 0.29) is 22.1 Å². The Balaban J connectivity index is 1.53. The largest absolute Gasteiger partial charge is 0.573 e. The normalized spacial score (nSPS) is 12.5. The van der Waals surface area contributed by atoms with Gasteiger partial charge in [0, 0.05) is 5.69 Å². The highest BCUT2D eigenvalue weighted by Gasteiger charge is 2.31. The quantitative estimate of drug-likeness (QED) is 0.399. The van der Waals surface area contributed by atoms with E-state index in [1.165, 1.54) is 41.5 Å². The number of carbonyl (C=O) groups is 1. The van der Waals surface area contributed by atoms with E-state index < -0.39 is 24.1 Å². The highest BCUT2D eigenvalue weighted by atomic mass is 35.5. The lowest BCUT2D eigenvalue weighted by atomic mass is 10.1. The average molecular weight is 479 g/mol. The molecule has 0 aliphatic rings. The Labute approximate surface area is 188 Å². The first-order chi connectivity index (χ1) is 15.6. The molecule has 4 N–H and O–H groups in total. The number of hydrogen-bond donors (Lipinski definition) is 3. The van der Waals surface area contributed by atoms with Crippen molar-refractivity contribution in [1.29, 1.82) is 0 Å². The number of benzene rings is 2. The van der Waals surface area contributed by atoms with E-state index in [2.05, 4.69) is 25.1 Å². The first-order valence-corrected chi connectivity index (χ1v) is 9.59. The van der Waals surface area contributed by atoms with Gasteiger partial charge in [-0.1, -0.05) is 23.7 Å². The Morgan fingerprint density at radius 1 is 1.21 bits per heavy atom. The van der Waals surface area contributed by atoms with Gasteiger partial charge in [-0.25, -0.2) is 14.6 Å². The SMILES string of the molecule is Nc1ncnc2cnn(-c3ccc(NC(=O)[C@H](O)c4cccc(OC(F)(F)F)c4)cc3Cl)c12. The lowest BCUT2D eigenvalue weighted by molar-refractivity contribution is -0.274. The molecule has 0 saturated carbocycles. The van der Waals surface area contributed by atoms with Gasteiger partial charge in [0.25, 0.3) is 5.91 Å². The third kappa shape index (κ3) is 4.81. The number of anilines is 2. The zero-order valence-electron chi connectivity index (χ0n) is 16.4. The summed E-state index contributed by atoms with van der Waals surface area (Å²) in [4.78, 5) is 20.4. The smallest absolute Gasteiger partial charge is 0.406 e. The number of amides is 1. The van der Waals surface area contributed by atoms with Crippen LogP contribution in [0.3, 0.4) is 0 Å². The molecule has 0 spiro atoms. The predicted octanol–water partition coefficient (Wildman–Crippen LogP) is 3.62. The summed E-state index contributed by atoms with van der Waals surface area (Å²) in [6.45, 7) is 0. The Morgan fingerprint density at radius 2 is 2.00 bits per heavy atom. The van der Waals surface area contributed by atoms with Crippen LogP contribution in [0.25, 0.3) is 16.7 Å². The fourth-order valence-corrected chi connectivity index (χ4v) is 3.33. The van der Waals surface area contributed by atoms with E-state index >= 15 is 0 Å². The van der Waals surface area contributed by atoms with Crippen LogP contribution in [-0.4, -0.2) is 37.1 Å². The van der Waals surface area contributed by atoms with Crippen LogP contribution >= 0.6 is 11.6 Å². The predicted molar refractivity (Wildman–Crippen MR) is 113 cm³/mol. The second-order valence-corrected chi connectivity index (χ2v) is 7.13. The third-order valence-corrected chi connectivity index (χ3v) is 4.79. The monoisotopic (exact) mass is 478 g/mol. The van der Waals surface area contributed by atoms with Gasteiger partial charge in [0.1, 0.15) is 23.1 Å².